The number of aldehydes is 3. The van der Waals surface area contributed by atoms with E-state index < -0.39 is 5.82 Å². The van der Waals surface area contributed by atoms with Gasteiger partial charge in [0, 0.05) is 36.3 Å². The number of benzene rings is 2. The first-order chi connectivity index (χ1) is 21.1. The second kappa shape index (κ2) is 19.7. The predicted octanol–water partition coefficient (Wildman–Crippen LogP) is 2.94. The van der Waals surface area contributed by atoms with Crippen LogP contribution in [0.15, 0.2) is 36.5 Å². The van der Waals surface area contributed by atoms with Gasteiger partial charge in [-0.1, -0.05) is 26.0 Å². The molecule has 0 unspecified atom stereocenters. The number of aliphatic hydroxyl groups is 1. The molecule has 0 saturated carbocycles. The van der Waals surface area contributed by atoms with E-state index in [1.54, 1.807) is 30.9 Å². The standard InChI is InChI=1S/C24H23FN4O3.2C3H7NO.CH4O/c1-14(2)24-23-17(5-4-6-20(23)28(27-24)9-10-30)18-12-21-16(11-19(18)25)13-26-29(21)22(32)8-7-15(3)31;2*1-4-2-3-5;1-2/h4-6,10-14H,7-9H2,1-3H3;2*3-4H,2H2,1H3;2H,1H3. The summed E-state index contributed by atoms with van der Waals surface area (Å²) in [5.74, 6) is -0.801. The van der Waals surface area contributed by atoms with E-state index in [0.717, 1.165) is 42.6 Å². The Kier molecular flexibility index (Phi) is 16.8. The zero-order valence-electron chi connectivity index (χ0n) is 26.0. The number of fused-ring (bicyclic) bond motifs is 2. The van der Waals surface area contributed by atoms with Gasteiger partial charge < -0.3 is 34.9 Å². The minimum Gasteiger partial charge on any atom is -0.400 e. The largest absolute Gasteiger partial charge is 0.400 e. The van der Waals surface area contributed by atoms with Crippen molar-refractivity contribution in [2.45, 2.75) is 46.1 Å². The fourth-order valence-corrected chi connectivity index (χ4v) is 4.10. The van der Waals surface area contributed by atoms with E-state index in [-0.39, 0.29) is 37.0 Å². The third kappa shape index (κ3) is 10.1. The number of nitrogens with zero attached hydrogens (tertiary/aromatic N) is 4. The minimum atomic E-state index is -0.446. The summed E-state index contributed by atoms with van der Waals surface area (Å²) in [6, 6.07) is 8.43. The summed E-state index contributed by atoms with van der Waals surface area (Å²) in [6.07, 6.45) is 4.02. The minimum absolute atomic E-state index is 0.0321. The Balaban J connectivity index is 0.000000692. The lowest BCUT2D eigenvalue weighted by atomic mass is 9.95. The lowest BCUT2D eigenvalue weighted by Gasteiger charge is -2.10. The molecule has 0 amide bonds. The van der Waals surface area contributed by atoms with E-state index >= 15 is 4.39 Å². The number of hydrogen-bond acceptors (Lipinski definition) is 10. The number of carbonyl (C=O) groups excluding carboxylic acids is 5. The summed E-state index contributed by atoms with van der Waals surface area (Å²) >= 11 is 0. The molecular weight excluding hydrogens is 571 g/mol. The molecule has 2 aromatic heterocycles. The molecule has 0 aliphatic carbocycles. The van der Waals surface area contributed by atoms with E-state index in [4.69, 9.17) is 5.11 Å². The smallest absolute Gasteiger partial charge is 0.247 e. The number of aliphatic hydroxyl groups excluding tert-OH is 1. The fraction of sp³-hybridized carbons (Fsp3) is 0.387. The second-order valence-corrected chi connectivity index (χ2v) is 9.58. The van der Waals surface area contributed by atoms with Crippen molar-refractivity contribution in [3.63, 3.8) is 0 Å². The van der Waals surface area contributed by atoms with Crippen LogP contribution in [0.2, 0.25) is 0 Å². The van der Waals surface area contributed by atoms with Gasteiger partial charge in [0.05, 0.1) is 42.6 Å². The molecule has 0 fully saturated rings. The molecule has 4 rings (SSSR count). The quantitative estimate of drug-likeness (QED) is 0.214. The molecule has 2 heterocycles. The second-order valence-electron chi connectivity index (χ2n) is 9.58. The predicted molar refractivity (Wildman–Crippen MR) is 167 cm³/mol. The van der Waals surface area contributed by atoms with Crippen LogP contribution < -0.4 is 10.6 Å². The molecule has 3 N–H and O–H groups in total. The molecule has 0 radical (unpaired) electrons. The Morgan fingerprint density at radius 2 is 1.59 bits per heavy atom. The van der Waals surface area contributed by atoms with Crippen LogP contribution in [-0.4, -0.2) is 89.5 Å². The van der Waals surface area contributed by atoms with E-state index in [9.17, 15) is 24.0 Å². The number of carbonyl (C=O) groups is 5. The zero-order chi connectivity index (χ0) is 33.2. The van der Waals surface area contributed by atoms with Crippen molar-refractivity contribution >= 4 is 52.4 Å². The maximum atomic E-state index is 15.2. The molecule has 13 heteroatoms. The molecule has 0 atom stereocenters. The number of halogens is 1. The molecule has 2 aromatic carbocycles. The number of nitrogens with one attached hydrogen (secondary N) is 2. The van der Waals surface area contributed by atoms with Crippen molar-refractivity contribution in [3.05, 3.63) is 48.0 Å². The van der Waals surface area contributed by atoms with Gasteiger partial charge in [-0.2, -0.15) is 10.2 Å². The Morgan fingerprint density at radius 1 is 0.955 bits per heavy atom. The van der Waals surface area contributed by atoms with Crippen molar-refractivity contribution in [2.24, 2.45) is 0 Å². The van der Waals surface area contributed by atoms with Crippen molar-refractivity contribution in [3.8, 4) is 11.1 Å². The van der Waals surface area contributed by atoms with Crippen LogP contribution in [0, 0.1) is 5.82 Å². The lowest BCUT2D eigenvalue weighted by molar-refractivity contribution is -0.117. The molecule has 12 nitrogen and oxygen atoms in total. The highest BCUT2D eigenvalue weighted by atomic mass is 19.1. The van der Waals surface area contributed by atoms with Crippen LogP contribution in [0.5, 0.6) is 0 Å². The first-order valence-electron chi connectivity index (χ1n) is 13.9. The first-order valence-corrected chi connectivity index (χ1v) is 13.9. The monoisotopic (exact) mass is 612 g/mol. The van der Waals surface area contributed by atoms with Gasteiger partial charge in [0.2, 0.25) is 5.91 Å². The highest BCUT2D eigenvalue weighted by Crippen LogP contribution is 2.37. The van der Waals surface area contributed by atoms with Gasteiger partial charge in [0.15, 0.2) is 0 Å². The maximum absolute atomic E-state index is 15.2. The number of aromatic nitrogens is 4. The molecule has 4 aromatic rings. The first kappa shape index (κ1) is 37.6. The fourth-order valence-electron chi connectivity index (χ4n) is 4.10. The highest BCUT2D eigenvalue weighted by molar-refractivity contribution is 6.01. The summed E-state index contributed by atoms with van der Waals surface area (Å²) in [5.41, 5.74) is 2.92. The van der Waals surface area contributed by atoms with Crippen LogP contribution in [0.1, 0.15) is 50.0 Å². The average Bonchev–Trinajstić information content (AvgIpc) is 3.60. The van der Waals surface area contributed by atoms with Crippen LogP contribution >= 0.6 is 0 Å². The van der Waals surface area contributed by atoms with Crippen LogP contribution in [-0.2, 0) is 25.7 Å². The summed E-state index contributed by atoms with van der Waals surface area (Å²) < 4.78 is 18.1. The molecule has 238 valence electrons. The van der Waals surface area contributed by atoms with E-state index in [1.165, 1.54) is 23.9 Å². The molecule has 0 saturated heterocycles. The van der Waals surface area contributed by atoms with Crippen molar-refractivity contribution in [2.75, 3.05) is 34.3 Å². The Hall–Kier alpha value is -4.46. The number of likely N-dealkylation sites (N-methyl/N-ethyl adjacent to an activating group) is 2. The summed E-state index contributed by atoms with van der Waals surface area (Å²) in [4.78, 5) is 53.7. The number of rotatable bonds is 11. The molecular formula is C31H41FN6O6. The Morgan fingerprint density at radius 3 is 2.09 bits per heavy atom. The molecule has 0 bridgehead atoms. The number of Topliss-reactive ketones (excluding diaryl/α,β-unsaturated/α-hetero) is 1. The molecule has 0 aliphatic rings. The summed E-state index contributed by atoms with van der Waals surface area (Å²) in [5, 5.41) is 22.3. The van der Waals surface area contributed by atoms with Crippen molar-refractivity contribution in [1.29, 1.82) is 0 Å². The Labute approximate surface area is 255 Å². The normalized spacial score (nSPS) is 10.2. The molecule has 44 heavy (non-hydrogen) atoms. The lowest BCUT2D eigenvalue weighted by Crippen LogP contribution is -2.13. The van der Waals surface area contributed by atoms with Gasteiger partial charge in [-0.3, -0.25) is 9.48 Å². The third-order valence-corrected chi connectivity index (χ3v) is 6.05. The Bertz CT molecular complexity index is 1540. The van der Waals surface area contributed by atoms with Crippen LogP contribution in [0.25, 0.3) is 32.9 Å². The van der Waals surface area contributed by atoms with Gasteiger partial charge >= 0.3 is 0 Å². The summed E-state index contributed by atoms with van der Waals surface area (Å²) in [7, 11) is 4.46. The third-order valence-electron chi connectivity index (χ3n) is 6.05. The van der Waals surface area contributed by atoms with Crippen LogP contribution in [0.3, 0.4) is 0 Å². The average molecular weight is 613 g/mol. The topological polar surface area (TPSA) is 165 Å². The van der Waals surface area contributed by atoms with Crippen molar-refractivity contribution < 1.29 is 33.5 Å². The van der Waals surface area contributed by atoms with E-state index in [2.05, 4.69) is 20.8 Å². The molecule has 0 aliphatic heterocycles. The zero-order valence-corrected chi connectivity index (χ0v) is 26.0. The SMILES string of the molecule is CC(=O)CCC(=O)n1ncc2cc(F)c(-c3cccc4c3c(C(C)C)nn4CC=O)cc21.CNCC=O.CNCC=O.CO. The number of ketones is 1. The van der Waals surface area contributed by atoms with Gasteiger partial charge in [0.1, 0.15) is 30.5 Å². The van der Waals surface area contributed by atoms with Gasteiger partial charge in [-0.15, -0.1) is 0 Å². The highest BCUT2D eigenvalue weighted by Gasteiger charge is 2.21. The van der Waals surface area contributed by atoms with Crippen LogP contribution in [0.4, 0.5) is 4.39 Å². The van der Waals surface area contributed by atoms with Gasteiger partial charge in [-0.05, 0) is 50.7 Å². The van der Waals surface area contributed by atoms with Gasteiger partial charge in [0.25, 0.3) is 0 Å². The maximum Gasteiger partial charge on any atom is 0.247 e. The summed E-state index contributed by atoms with van der Waals surface area (Å²) in [6.45, 7) is 6.43. The van der Waals surface area contributed by atoms with E-state index in [1.807, 2.05) is 26.0 Å². The van der Waals surface area contributed by atoms with Gasteiger partial charge in [-0.25, -0.2) is 9.07 Å². The number of hydrogen-bond donors (Lipinski definition) is 3. The molecule has 0 spiro atoms. The van der Waals surface area contributed by atoms with Crippen molar-refractivity contribution in [1.82, 2.24) is 30.2 Å². The van der Waals surface area contributed by atoms with E-state index in [0.29, 0.717) is 35.1 Å².